The molecule has 2 atom stereocenters. The fraction of sp³-hybridized carbons (Fsp3) is 0.391. The summed E-state index contributed by atoms with van der Waals surface area (Å²) in [7, 11) is 3.08. The Morgan fingerprint density at radius 1 is 1.16 bits per heavy atom. The first-order valence-electron chi connectivity index (χ1n) is 10.0. The number of aliphatic hydroxyl groups is 1. The van der Waals surface area contributed by atoms with Gasteiger partial charge in [0.15, 0.2) is 6.29 Å². The number of anilines is 1. The zero-order valence-electron chi connectivity index (χ0n) is 17.7. The Morgan fingerprint density at radius 2 is 1.84 bits per heavy atom. The molecule has 1 saturated heterocycles. The molecule has 8 nitrogen and oxygen atoms in total. The second-order valence-corrected chi connectivity index (χ2v) is 7.44. The van der Waals surface area contributed by atoms with Crippen molar-refractivity contribution in [3.8, 4) is 0 Å². The van der Waals surface area contributed by atoms with Crippen molar-refractivity contribution in [3.05, 3.63) is 65.7 Å². The first kappa shape index (κ1) is 22.9. The number of ether oxygens (including phenoxy) is 3. The van der Waals surface area contributed by atoms with Crippen molar-refractivity contribution in [2.75, 3.05) is 26.1 Å². The first-order valence-corrected chi connectivity index (χ1v) is 10.0. The smallest absolute Gasteiger partial charge is 0.252 e. The van der Waals surface area contributed by atoms with Crippen LogP contribution in [0.25, 0.3) is 0 Å². The number of nitrogens with one attached hydrogen (secondary N) is 2. The number of rotatable bonds is 10. The lowest BCUT2D eigenvalue weighted by Crippen LogP contribution is -2.54. The first-order chi connectivity index (χ1) is 15.0. The van der Waals surface area contributed by atoms with E-state index < -0.39 is 36.4 Å². The fourth-order valence-electron chi connectivity index (χ4n) is 3.51. The lowest BCUT2D eigenvalue weighted by atomic mass is 9.96. The van der Waals surface area contributed by atoms with E-state index in [4.69, 9.17) is 14.2 Å². The monoisotopic (exact) mass is 428 g/mol. The van der Waals surface area contributed by atoms with Crippen LogP contribution >= 0.6 is 0 Å². The molecule has 0 radical (unpaired) electrons. The number of hydrogen-bond donors (Lipinski definition) is 3. The molecule has 0 saturated carbocycles. The normalized spacial score (nSPS) is 20.6. The zero-order chi connectivity index (χ0) is 22.3. The van der Waals surface area contributed by atoms with Crippen molar-refractivity contribution >= 4 is 17.5 Å². The summed E-state index contributed by atoms with van der Waals surface area (Å²) in [6.07, 6.45) is -0.848. The summed E-state index contributed by atoms with van der Waals surface area (Å²) in [6.45, 7) is -0.309. The summed E-state index contributed by atoms with van der Waals surface area (Å²) >= 11 is 0. The molecule has 0 spiro atoms. The minimum atomic E-state index is -1.46. The number of amides is 2. The van der Waals surface area contributed by atoms with Crippen molar-refractivity contribution < 1.29 is 28.9 Å². The summed E-state index contributed by atoms with van der Waals surface area (Å²) in [5, 5.41) is 15.5. The third kappa shape index (κ3) is 5.48. The van der Waals surface area contributed by atoms with Crippen molar-refractivity contribution in [1.82, 2.24) is 5.32 Å². The third-order valence-corrected chi connectivity index (χ3v) is 5.37. The number of benzene rings is 2. The largest absolute Gasteiger partial charge is 0.393 e. The van der Waals surface area contributed by atoms with E-state index in [0.29, 0.717) is 12.1 Å². The highest BCUT2D eigenvalue weighted by Crippen LogP contribution is 2.27. The lowest BCUT2D eigenvalue weighted by molar-refractivity contribution is -0.131. The molecule has 1 aliphatic heterocycles. The molecule has 0 bridgehead atoms. The molecule has 0 unspecified atom stereocenters. The van der Waals surface area contributed by atoms with Gasteiger partial charge < -0.3 is 30.0 Å². The second kappa shape index (κ2) is 10.5. The fourth-order valence-corrected chi connectivity index (χ4v) is 3.51. The van der Waals surface area contributed by atoms with Gasteiger partial charge in [0.2, 0.25) is 5.91 Å². The summed E-state index contributed by atoms with van der Waals surface area (Å²) in [5.41, 5.74) is 0.815. The SMILES string of the molecule is COC(Cc1ccccc1NC(=O)[C@@]1(CO)C[C@H](OCc2ccccc2)C(=O)N1)OC. The molecule has 2 amide bonds. The van der Waals surface area contributed by atoms with E-state index in [9.17, 15) is 14.7 Å². The van der Waals surface area contributed by atoms with Gasteiger partial charge >= 0.3 is 0 Å². The standard InChI is InChI=1S/C23H28N2O6/c1-29-20(30-2)12-17-10-6-7-11-18(17)24-22(28)23(15-26)13-19(21(27)25-23)31-14-16-8-4-3-5-9-16/h3-11,19-20,26H,12-15H2,1-2H3,(H,24,28)(H,25,27)/t19-,23-/m0/s1. The van der Waals surface area contributed by atoms with Crippen LogP contribution in [0.4, 0.5) is 5.69 Å². The molecule has 3 rings (SSSR count). The molecule has 1 fully saturated rings. The minimum Gasteiger partial charge on any atom is -0.393 e. The Morgan fingerprint density at radius 3 is 2.52 bits per heavy atom. The molecule has 3 N–H and O–H groups in total. The van der Waals surface area contributed by atoms with E-state index in [2.05, 4.69) is 10.6 Å². The number of para-hydroxylation sites is 1. The van der Waals surface area contributed by atoms with Crippen molar-refractivity contribution in [2.45, 2.75) is 37.4 Å². The molecule has 31 heavy (non-hydrogen) atoms. The molecule has 2 aromatic rings. The highest BCUT2D eigenvalue weighted by atomic mass is 16.7. The van der Waals surface area contributed by atoms with Gasteiger partial charge in [0.1, 0.15) is 11.6 Å². The zero-order valence-corrected chi connectivity index (χ0v) is 17.7. The molecule has 2 aromatic carbocycles. The van der Waals surface area contributed by atoms with Crippen molar-refractivity contribution in [3.63, 3.8) is 0 Å². The molecule has 1 heterocycles. The minimum absolute atomic E-state index is 0.0297. The van der Waals surface area contributed by atoms with Crippen molar-refractivity contribution in [1.29, 1.82) is 0 Å². The van der Waals surface area contributed by atoms with Crippen molar-refractivity contribution in [2.24, 2.45) is 0 Å². The summed E-state index contributed by atoms with van der Waals surface area (Å²) in [6, 6.07) is 16.7. The number of carbonyl (C=O) groups excluding carboxylic acids is 2. The van der Waals surface area contributed by atoms with Gasteiger partial charge in [-0.3, -0.25) is 9.59 Å². The Balaban J connectivity index is 1.69. The number of hydrogen-bond acceptors (Lipinski definition) is 6. The maximum atomic E-state index is 13.1. The Kier molecular flexibility index (Phi) is 7.75. The average molecular weight is 428 g/mol. The lowest BCUT2D eigenvalue weighted by Gasteiger charge is -2.26. The van der Waals surface area contributed by atoms with Crippen LogP contribution in [0.1, 0.15) is 17.5 Å². The van der Waals surface area contributed by atoms with E-state index in [0.717, 1.165) is 11.1 Å². The van der Waals surface area contributed by atoms with Crippen LogP contribution in [0, 0.1) is 0 Å². The molecule has 0 aromatic heterocycles. The Labute approximate surface area is 181 Å². The van der Waals surface area contributed by atoms with Gasteiger partial charge in [-0.1, -0.05) is 48.5 Å². The highest BCUT2D eigenvalue weighted by Gasteiger charge is 2.50. The predicted molar refractivity (Wildman–Crippen MR) is 114 cm³/mol. The van der Waals surface area contributed by atoms with Crippen LogP contribution in [0.3, 0.4) is 0 Å². The van der Waals surface area contributed by atoms with Crippen LogP contribution in [-0.2, 0) is 36.8 Å². The number of methoxy groups -OCH3 is 2. The Hall–Kier alpha value is -2.78. The summed E-state index contributed by atoms with van der Waals surface area (Å²) < 4.78 is 16.2. The predicted octanol–water partition coefficient (Wildman–Crippen LogP) is 1.62. The second-order valence-electron chi connectivity index (χ2n) is 7.44. The maximum Gasteiger partial charge on any atom is 0.252 e. The average Bonchev–Trinajstić information content (AvgIpc) is 3.14. The molecule has 0 aliphatic carbocycles. The van der Waals surface area contributed by atoms with Crippen LogP contribution in [-0.4, -0.2) is 55.7 Å². The van der Waals surface area contributed by atoms with E-state index in [1.165, 1.54) is 0 Å². The van der Waals surface area contributed by atoms with Crippen LogP contribution in [0.5, 0.6) is 0 Å². The molecular formula is C23H28N2O6. The molecular weight excluding hydrogens is 400 g/mol. The van der Waals surface area contributed by atoms with Gasteiger partial charge in [0.05, 0.1) is 13.2 Å². The molecule has 1 aliphatic rings. The maximum absolute atomic E-state index is 13.1. The van der Waals surface area contributed by atoms with Gasteiger partial charge in [-0.15, -0.1) is 0 Å². The van der Waals surface area contributed by atoms with Gasteiger partial charge in [-0.05, 0) is 17.2 Å². The highest BCUT2D eigenvalue weighted by molar-refractivity contribution is 6.04. The molecule has 166 valence electrons. The van der Waals surface area contributed by atoms with E-state index in [-0.39, 0.29) is 13.0 Å². The van der Waals surface area contributed by atoms with Gasteiger partial charge in [-0.25, -0.2) is 0 Å². The third-order valence-electron chi connectivity index (χ3n) is 5.37. The number of carbonyl (C=O) groups is 2. The van der Waals surface area contributed by atoms with Crippen LogP contribution in [0.15, 0.2) is 54.6 Å². The quantitative estimate of drug-likeness (QED) is 0.497. The van der Waals surface area contributed by atoms with Gasteiger partial charge in [0, 0.05) is 32.7 Å². The van der Waals surface area contributed by atoms with Gasteiger partial charge in [0.25, 0.3) is 5.91 Å². The van der Waals surface area contributed by atoms with Crippen LogP contribution in [0.2, 0.25) is 0 Å². The van der Waals surface area contributed by atoms with E-state index in [1.807, 2.05) is 42.5 Å². The topological polar surface area (TPSA) is 106 Å². The van der Waals surface area contributed by atoms with Gasteiger partial charge in [-0.2, -0.15) is 0 Å². The number of aliphatic hydroxyl groups excluding tert-OH is 1. The van der Waals surface area contributed by atoms with Crippen LogP contribution < -0.4 is 10.6 Å². The summed E-state index contributed by atoms with van der Waals surface area (Å²) in [4.78, 5) is 25.6. The van der Waals surface area contributed by atoms with E-state index >= 15 is 0 Å². The summed E-state index contributed by atoms with van der Waals surface area (Å²) in [5.74, 6) is -0.930. The molecule has 8 heteroatoms. The van der Waals surface area contributed by atoms with E-state index in [1.54, 1.807) is 26.4 Å². The Bertz CT molecular complexity index is 887.